The Morgan fingerprint density at radius 2 is 1.29 bits per heavy atom. The summed E-state index contributed by atoms with van der Waals surface area (Å²) in [5.74, 6) is 0. The molecule has 0 fully saturated rings. The minimum atomic E-state index is 1.20. The second-order valence-corrected chi connectivity index (χ2v) is 3.32. The van der Waals surface area contributed by atoms with Crippen molar-refractivity contribution in [2.24, 2.45) is 0 Å². The first kappa shape index (κ1) is 10.5. The zero-order chi connectivity index (χ0) is 10.6. The third-order valence-electron chi connectivity index (χ3n) is 2.39. The summed E-state index contributed by atoms with van der Waals surface area (Å²) in [6.07, 6.45) is 3.77. The van der Waals surface area contributed by atoms with E-state index in [0.717, 1.165) is 0 Å². The normalized spacial score (nSPS) is 14.4. The van der Waals surface area contributed by atoms with Gasteiger partial charge in [0.1, 0.15) is 0 Å². The average molecular weight is 184 g/mol. The molecule has 0 aliphatic heterocycles. The lowest BCUT2D eigenvalue weighted by molar-refractivity contribution is 1.44. The minimum Gasteiger partial charge on any atom is -0.0988 e. The molecule has 0 unspecified atom stereocenters. The summed E-state index contributed by atoms with van der Waals surface area (Å²) < 4.78 is 0. The van der Waals surface area contributed by atoms with E-state index in [1.807, 2.05) is 24.3 Å². The zero-order valence-electron chi connectivity index (χ0n) is 8.88. The summed E-state index contributed by atoms with van der Waals surface area (Å²) in [7, 11) is 0. The molecule has 0 heteroatoms. The molecule has 1 aromatic rings. The van der Waals surface area contributed by atoms with E-state index in [0.29, 0.717) is 0 Å². The molecule has 0 aliphatic carbocycles. The third kappa shape index (κ3) is 2.02. The van der Waals surface area contributed by atoms with Gasteiger partial charge in [-0.3, -0.25) is 0 Å². The predicted molar refractivity (Wildman–Crippen MR) is 64.3 cm³/mol. The number of hydrogen-bond donors (Lipinski definition) is 0. The Hall–Kier alpha value is -1.56. The summed E-state index contributed by atoms with van der Waals surface area (Å²) in [5, 5.41) is 2.47. The van der Waals surface area contributed by atoms with Crippen LogP contribution in [0.4, 0.5) is 0 Å². The van der Waals surface area contributed by atoms with Crippen molar-refractivity contribution in [3.63, 3.8) is 0 Å². The van der Waals surface area contributed by atoms with E-state index in [1.54, 1.807) is 0 Å². The maximum atomic E-state index is 3.79. The molecule has 0 heterocycles. The van der Waals surface area contributed by atoms with Crippen molar-refractivity contribution in [3.05, 3.63) is 60.0 Å². The van der Waals surface area contributed by atoms with Gasteiger partial charge >= 0.3 is 0 Å². The predicted octanol–water partition coefficient (Wildman–Crippen LogP) is 2.40. The molecule has 0 N–H and O–H groups in total. The molecule has 14 heavy (non-hydrogen) atoms. The Balaban J connectivity index is 3.80. The highest BCUT2D eigenvalue weighted by Gasteiger charge is 1.90. The highest BCUT2D eigenvalue weighted by Crippen LogP contribution is 1.92. The van der Waals surface area contributed by atoms with Gasteiger partial charge in [-0.05, 0) is 35.4 Å². The maximum absolute atomic E-state index is 3.79. The number of benzene rings is 1. The average Bonchev–Trinajstić information content (AvgIpc) is 2.27. The van der Waals surface area contributed by atoms with Crippen LogP contribution in [0.5, 0.6) is 0 Å². The molecule has 0 spiro atoms. The largest absolute Gasteiger partial charge is 0.0988 e. The molecule has 0 nitrogen and oxygen atoms in total. The van der Waals surface area contributed by atoms with Crippen LogP contribution in [-0.4, -0.2) is 0 Å². The first-order valence-electron chi connectivity index (χ1n) is 4.72. The highest BCUT2D eigenvalue weighted by atomic mass is 14.0. The molecule has 1 rings (SSSR count). The van der Waals surface area contributed by atoms with Gasteiger partial charge in [-0.2, -0.15) is 0 Å². The van der Waals surface area contributed by atoms with Crippen molar-refractivity contribution in [2.75, 3.05) is 0 Å². The van der Waals surface area contributed by atoms with Crippen LogP contribution in [0.15, 0.2) is 49.6 Å². The molecule has 72 valence electrons. The fraction of sp³-hybridized carbons (Fsp3) is 0.143. The second kappa shape index (κ2) is 4.61. The second-order valence-electron chi connectivity index (χ2n) is 3.32. The van der Waals surface area contributed by atoms with E-state index in [4.69, 9.17) is 0 Å². The SMILES string of the molecule is C=C/C(C)=c1/cccc/c1=C(\C)C=C. The topological polar surface area (TPSA) is 0 Å². The fourth-order valence-electron chi connectivity index (χ4n) is 1.39. The Kier molecular flexibility index (Phi) is 3.47. The van der Waals surface area contributed by atoms with E-state index < -0.39 is 0 Å². The van der Waals surface area contributed by atoms with Crippen LogP contribution in [-0.2, 0) is 0 Å². The van der Waals surface area contributed by atoms with Crippen molar-refractivity contribution in [2.45, 2.75) is 13.8 Å². The molecule has 0 radical (unpaired) electrons. The van der Waals surface area contributed by atoms with Gasteiger partial charge in [0.05, 0.1) is 0 Å². The fourth-order valence-corrected chi connectivity index (χ4v) is 1.39. The quantitative estimate of drug-likeness (QED) is 0.662. The van der Waals surface area contributed by atoms with Gasteiger partial charge in [-0.15, -0.1) is 0 Å². The van der Waals surface area contributed by atoms with Gasteiger partial charge < -0.3 is 0 Å². The summed E-state index contributed by atoms with van der Waals surface area (Å²) in [5.41, 5.74) is 2.39. The molecule has 0 saturated carbocycles. The van der Waals surface area contributed by atoms with Crippen LogP contribution >= 0.6 is 0 Å². The van der Waals surface area contributed by atoms with Crippen LogP contribution in [0.3, 0.4) is 0 Å². The van der Waals surface area contributed by atoms with Crippen LogP contribution in [0.25, 0.3) is 11.1 Å². The molecule has 0 atom stereocenters. The molecular formula is C14H16. The lowest BCUT2D eigenvalue weighted by atomic mass is 10.1. The van der Waals surface area contributed by atoms with Crippen LogP contribution in [0.2, 0.25) is 0 Å². The Morgan fingerprint density at radius 3 is 1.57 bits per heavy atom. The van der Waals surface area contributed by atoms with Gasteiger partial charge in [0.2, 0.25) is 0 Å². The number of rotatable bonds is 2. The van der Waals surface area contributed by atoms with Gasteiger partial charge in [0, 0.05) is 0 Å². The lowest BCUT2D eigenvalue weighted by Crippen LogP contribution is -2.27. The Labute approximate surface area is 85.6 Å². The standard InChI is InChI=1S/C14H16/c1-5-11(3)13-9-7-8-10-14(13)12(4)6-2/h5-10H,1-2H2,3-4H3/b13-11-,14-12-. The van der Waals surface area contributed by atoms with Crippen molar-refractivity contribution >= 4 is 11.1 Å². The van der Waals surface area contributed by atoms with E-state index >= 15 is 0 Å². The van der Waals surface area contributed by atoms with Gasteiger partial charge in [0.25, 0.3) is 0 Å². The first-order chi connectivity index (χ1) is 6.70. The zero-order valence-corrected chi connectivity index (χ0v) is 8.88. The van der Waals surface area contributed by atoms with Crippen molar-refractivity contribution < 1.29 is 0 Å². The summed E-state index contributed by atoms with van der Waals surface area (Å²) >= 11 is 0. The molecule has 0 saturated heterocycles. The third-order valence-corrected chi connectivity index (χ3v) is 2.39. The van der Waals surface area contributed by atoms with Crippen molar-refractivity contribution in [1.29, 1.82) is 0 Å². The van der Waals surface area contributed by atoms with Crippen LogP contribution < -0.4 is 10.4 Å². The molecule has 0 aromatic heterocycles. The van der Waals surface area contributed by atoms with E-state index in [1.165, 1.54) is 21.6 Å². The van der Waals surface area contributed by atoms with Crippen molar-refractivity contribution in [3.8, 4) is 0 Å². The molecule has 0 amide bonds. The number of allylic oxidation sites excluding steroid dienone is 2. The van der Waals surface area contributed by atoms with Gasteiger partial charge in [-0.25, -0.2) is 0 Å². The van der Waals surface area contributed by atoms with E-state index in [-0.39, 0.29) is 0 Å². The summed E-state index contributed by atoms with van der Waals surface area (Å²) in [4.78, 5) is 0. The summed E-state index contributed by atoms with van der Waals surface area (Å²) in [6, 6.07) is 8.31. The van der Waals surface area contributed by atoms with E-state index in [2.05, 4.69) is 39.1 Å². The smallest absolute Gasteiger partial charge is 0.0152 e. The van der Waals surface area contributed by atoms with Crippen LogP contribution in [0.1, 0.15) is 13.8 Å². The minimum absolute atomic E-state index is 1.20. The molecule has 1 aromatic carbocycles. The van der Waals surface area contributed by atoms with Gasteiger partial charge in [0.15, 0.2) is 0 Å². The molecule has 0 bridgehead atoms. The highest BCUT2D eigenvalue weighted by molar-refractivity contribution is 5.59. The van der Waals surface area contributed by atoms with Gasteiger partial charge in [-0.1, -0.05) is 49.6 Å². The molecule has 0 aliphatic rings. The van der Waals surface area contributed by atoms with E-state index in [9.17, 15) is 0 Å². The van der Waals surface area contributed by atoms with Crippen LogP contribution in [0, 0.1) is 0 Å². The summed E-state index contributed by atoms with van der Waals surface area (Å²) in [6.45, 7) is 11.7. The Morgan fingerprint density at radius 1 is 0.929 bits per heavy atom. The monoisotopic (exact) mass is 184 g/mol. The lowest BCUT2D eigenvalue weighted by Gasteiger charge is -1.97. The maximum Gasteiger partial charge on any atom is -0.0152 e. The molecular weight excluding hydrogens is 168 g/mol. The van der Waals surface area contributed by atoms with Crippen molar-refractivity contribution in [1.82, 2.24) is 0 Å². The number of hydrogen-bond acceptors (Lipinski definition) is 0. The Bertz CT molecular complexity index is 416. The first-order valence-corrected chi connectivity index (χ1v) is 4.72.